The van der Waals surface area contributed by atoms with Crippen LogP contribution in [0.4, 0.5) is 0 Å². The quantitative estimate of drug-likeness (QED) is 0.577. The molecule has 0 radical (unpaired) electrons. The summed E-state index contributed by atoms with van der Waals surface area (Å²) in [4.78, 5) is 2.18. The summed E-state index contributed by atoms with van der Waals surface area (Å²) in [5.41, 5.74) is 1.27. The second kappa shape index (κ2) is 3.72. The molecule has 1 atom stereocenters. The van der Waals surface area contributed by atoms with Crippen LogP contribution in [0.2, 0.25) is 0 Å². The third-order valence-corrected chi connectivity index (χ3v) is 2.49. The van der Waals surface area contributed by atoms with E-state index < -0.39 is 0 Å². The van der Waals surface area contributed by atoms with Gasteiger partial charge in [0.25, 0.3) is 0 Å². The number of rotatable bonds is 3. The van der Waals surface area contributed by atoms with Crippen molar-refractivity contribution in [2.24, 2.45) is 5.92 Å². The molecule has 0 amide bonds. The van der Waals surface area contributed by atoms with E-state index in [1.807, 2.05) is 0 Å². The molecule has 0 aromatic rings. The molecule has 0 aliphatic heterocycles. The van der Waals surface area contributed by atoms with Crippen LogP contribution in [0.5, 0.6) is 0 Å². The second-order valence-corrected chi connectivity index (χ2v) is 3.51. The van der Waals surface area contributed by atoms with E-state index in [0.717, 1.165) is 0 Å². The van der Waals surface area contributed by atoms with Crippen LogP contribution in [0.15, 0.2) is 36.5 Å². The maximum Gasteiger partial charge on any atom is 0.0279 e. The fourth-order valence-corrected chi connectivity index (χ4v) is 1.29. The first-order chi connectivity index (χ1) is 5.63. The van der Waals surface area contributed by atoms with Crippen molar-refractivity contribution in [1.29, 1.82) is 0 Å². The highest BCUT2D eigenvalue weighted by Crippen LogP contribution is 2.21. The summed E-state index contributed by atoms with van der Waals surface area (Å²) in [5.74, 6) is 0.447. The maximum atomic E-state index is 4.11. The number of hydrogen-bond donors (Lipinski definition) is 0. The summed E-state index contributed by atoms with van der Waals surface area (Å²) in [6.07, 6.45) is 8.53. The van der Waals surface area contributed by atoms with Gasteiger partial charge in [-0.3, -0.25) is 0 Å². The number of nitrogens with zero attached hydrogens (tertiary/aromatic N) is 1. The molecule has 1 aliphatic rings. The summed E-state index contributed by atoms with van der Waals surface area (Å²) >= 11 is 0. The topological polar surface area (TPSA) is 3.24 Å². The molecule has 66 valence electrons. The molecule has 0 N–H and O–H groups in total. The van der Waals surface area contributed by atoms with Crippen molar-refractivity contribution in [1.82, 2.24) is 4.90 Å². The van der Waals surface area contributed by atoms with E-state index in [4.69, 9.17) is 0 Å². The van der Waals surface area contributed by atoms with Gasteiger partial charge < -0.3 is 4.90 Å². The van der Waals surface area contributed by atoms with E-state index >= 15 is 0 Å². The lowest BCUT2D eigenvalue weighted by Crippen LogP contribution is -2.28. The average molecular weight is 163 g/mol. The molecule has 1 nitrogen and oxygen atoms in total. The molecule has 0 fully saturated rings. The van der Waals surface area contributed by atoms with Gasteiger partial charge in [-0.2, -0.15) is 0 Å². The predicted octanol–water partition coefficient (Wildman–Crippen LogP) is 2.23. The highest BCUT2D eigenvalue weighted by atomic mass is 15.1. The summed E-state index contributed by atoms with van der Waals surface area (Å²) in [6.45, 7) is 6.30. The normalized spacial score (nSPS) is 19.0. The van der Waals surface area contributed by atoms with E-state index in [1.165, 1.54) is 5.57 Å². The van der Waals surface area contributed by atoms with E-state index in [9.17, 15) is 0 Å². The van der Waals surface area contributed by atoms with E-state index in [1.54, 1.807) is 0 Å². The van der Waals surface area contributed by atoms with Crippen molar-refractivity contribution in [2.75, 3.05) is 14.1 Å². The van der Waals surface area contributed by atoms with Crippen LogP contribution in [0, 0.1) is 5.92 Å². The first-order valence-electron chi connectivity index (χ1n) is 4.33. The average Bonchev–Trinajstić information content (AvgIpc) is 2.53. The van der Waals surface area contributed by atoms with Gasteiger partial charge in [0.05, 0.1) is 0 Å². The van der Waals surface area contributed by atoms with Gasteiger partial charge in [-0.1, -0.05) is 30.9 Å². The Hall–Kier alpha value is -0.820. The Balaban J connectivity index is 2.58. The van der Waals surface area contributed by atoms with Gasteiger partial charge >= 0.3 is 0 Å². The first-order valence-corrected chi connectivity index (χ1v) is 4.33. The van der Waals surface area contributed by atoms with Crippen LogP contribution in [0.25, 0.3) is 0 Å². The molecule has 0 aromatic carbocycles. The second-order valence-electron chi connectivity index (χ2n) is 3.51. The zero-order valence-corrected chi connectivity index (χ0v) is 8.12. The third-order valence-electron chi connectivity index (χ3n) is 2.49. The van der Waals surface area contributed by atoms with Crippen molar-refractivity contribution in [3.63, 3.8) is 0 Å². The summed E-state index contributed by atoms with van der Waals surface area (Å²) < 4.78 is 0. The molecular formula is C11H17N. The Kier molecular flexibility index (Phi) is 2.88. The molecule has 1 rings (SSSR count). The number of likely N-dealkylation sites (N-methyl/N-ethyl adjacent to an activating group) is 1. The fourth-order valence-electron chi connectivity index (χ4n) is 1.29. The van der Waals surface area contributed by atoms with Crippen LogP contribution in [0.1, 0.15) is 6.92 Å². The van der Waals surface area contributed by atoms with Gasteiger partial charge in [-0.25, -0.2) is 0 Å². The Labute approximate surface area is 75.1 Å². The standard InChI is InChI=1S/C11H17N/c1-9(10(2)12(3)4)11-7-5-6-8-11/h5-8,10-11H,1H2,2-4H3. The van der Waals surface area contributed by atoms with Crippen LogP contribution < -0.4 is 0 Å². The lowest BCUT2D eigenvalue weighted by molar-refractivity contribution is 0.342. The van der Waals surface area contributed by atoms with Crippen LogP contribution in [-0.4, -0.2) is 25.0 Å². The molecule has 0 spiro atoms. The van der Waals surface area contributed by atoms with Crippen molar-refractivity contribution in [2.45, 2.75) is 13.0 Å². The Bertz CT molecular complexity index is 211. The van der Waals surface area contributed by atoms with Crippen LogP contribution in [-0.2, 0) is 0 Å². The highest BCUT2D eigenvalue weighted by Gasteiger charge is 2.15. The predicted molar refractivity (Wildman–Crippen MR) is 54.1 cm³/mol. The van der Waals surface area contributed by atoms with Gasteiger partial charge in [0.1, 0.15) is 0 Å². The minimum atomic E-state index is 0.447. The zero-order chi connectivity index (χ0) is 9.14. The fraction of sp³-hybridized carbons (Fsp3) is 0.455. The molecule has 0 saturated heterocycles. The van der Waals surface area contributed by atoms with Crippen molar-refractivity contribution < 1.29 is 0 Å². The van der Waals surface area contributed by atoms with E-state index in [-0.39, 0.29) is 0 Å². The molecule has 0 heterocycles. The highest BCUT2D eigenvalue weighted by molar-refractivity contribution is 5.29. The van der Waals surface area contributed by atoms with E-state index in [2.05, 4.69) is 56.8 Å². The summed E-state index contributed by atoms with van der Waals surface area (Å²) in [6, 6.07) is 0.447. The molecular weight excluding hydrogens is 146 g/mol. The monoisotopic (exact) mass is 163 g/mol. The lowest BCUT2D eigenvalue weighted by Gasteiger charge is -2.24. The largest absolute Gasteiger partial charge is 0.303 e. The van der Waals surface area contributed by atoms with Gasteiger partial charge in [0.2, 0.25) is 0 Å². The van der Waals surface area contributed by atoms with Crippen molar-refractivity contribution in [3.05, 3.63) is 36.5 Å². The Morgan fingerprint density at radius 1 is 1.33 bits per heavy atom. The molecule has 0 bridgehead atoms. The van der Waals surface area contributed by atoms with Gasteiger partial charge in [-0.15, -0.1) is 0 Å². The van der Waals surface area contributed by atoms with Crippen LogP contribution >= 0.6 is 0 Å². The van der Waals surface area contributed by atoms with Crippen molar-refractivity contribution >= 4 is 0 Å². The van der Waals surface area contributed by atoms with Crippen molar-refractivity contribution in [3.8, 4) is 0 Å². The van der Waals surface area contributed by atoms with Gasteiger partial charge in [-0.05, 0) is 26.6 Å². The smallest absolute Gasteiger partial charge is 0.0279 e. The zero-order valence-electron chi connectivity index (χ0n) is 8.12. The number of hydrogen-bond acceptors (Lipinski definition) is 1. The SMILES string of the molecule is C=C(C1C=CC=C1)C(C)N(C)C. The maximum absolute atomic E-state index is 4.11. The molecule has 12 heavy (non-hydrogen) atoms. The lowest BCUT2D eigenvalue weighted by atomic mass is 9.96. The Morgan fingerprint density at radius 3 is 2.25 bits per heavy atom. The minimum absolute atomic E-state index is 0.447. The molecule has 0 saturated carbocycles. The summed E-state index contributed by atoms with van der Waals surface area (Å²) in [5, 5.41) is 0. The van der Waals surface area contributed by atoms with Crippen LogP contribution in [0.3, 0.4) is 0 Å². The van der Waals surface area contributed by atoms with Gasteiger partial charge in [0.15, 0.2) is 0 Å². The minimum Gasteiger partial charge on any atom is -0.303 e. The molecule has 0 aromatic heterocycles. The molecule has 1 heteroatoms. The van der Waals surface area contributed by atoms with E-state index in [0.29, 0.717) is 12.0 Å². The Morgan fingerprint density at radius 2 is 1.83 bits per heavy atom. The molecule has 1 aliphatic carbocycles. The van der Waals surface area contributed by atoms with Gasteiger partial charge in [0, 0.05) is 12.0 Å². The first kappa shape index (κ1) is 9.27. The molecule has 1 unspecified atom stereocenters. The summed E-state index contributed by atoms with van der Waals surface area (Å²) in [7, 11) is 4.16. The number of allylic oxidation sites excluding steroid dienone is 4. The third kappa shape index (κ3) is 1.86.